The van der Waals surface area contributed by atoms with Crippen molar-refractivity contribution in [1.29, 1.82) is 5.26 Å². The Morgan fingerprint density at radius 3 is 2.73 bits per heavy atom. The van der Waals surface area contributed by atoms with Gasteiger partial charge in [0.05, 0.1) is 24.2 Å². The summed E-state index contributed by atoms with van der Waals surface area (Å²) in [6, 6.07) is 6.93. The second-order valence-corrected chi connectivity index (χ2v) is 7.47. The number of amides is 2. The van der Waals surface area contributed by atoms with Crippen LogP contribution in [0.3, 0.4) is 0 Å². The number of carbonyl (C=O) groups is 2. The summed E-state index contributed by atoms with van der Waals surface area (Å²) in [4.78, 5) is 26.4. The zero-order valence-corrected chi connectivity index (χ0v) is 15.8. The monoisotopic (exact) mass is 359 g/mol. The highest BCUT2D eigenvalue weighted by atomic mass is 16.6. The van der Waals surface area contributed by atoms with Crippen molar-refractivity contribution >= 4 is 12.0 Å². The Labute approximate surface area is 153 Å². The predicted octanol–water partition coefficient (Wildman–Crippen LogP) is 2.69. The van der Waals surface area contributed by atoms with Crippen LogP contribution >= 0.6 is 0 Å². The third-order valence-corrected chi connectivity index (χ3v) is 3.81. The summed E-state index contributed by atoms with van der Waals surface area (Å²) >= 11 is 0. The molecule has 0 saturated heterocycles. The van der Waals surface area contributed by atoms with Gasteiger partial charge in [-0.05, 0) is 46.8 Å². The molecule has 140 valence electrons. The predicted molar refractivity (Wildman–Crippen MR) is 96.0 cm³/mol. The van der Waals surface area contributed by atoms with Crippen LogP contribution in [0.15, 0.2) is 18.2 Å². The van der Waals surface area contributed by atoms with Gasteiger partial charge in [-0.25, -0.2) is 4.79 Å². The normalized spacial score (nSPS) is 17.0. The molecular formula is C19H25N3O4. The van der Waals surface area contributed by atoms with E-state index in [0.717, 1.165) is 0 Å². The standard InChI is InChI=1S/C19H25N3O4/c1-12(2)22-11-14(10-21-18(24)26-19(3,4)5)25-16-13(9-20)7-6-8-15(16)17(22)23/h6-8,12,14H,10-11H2,1-5H3,(H,21,24)/t14-/m1/s1. The minimum absolute atomic E-state index is 0.0492. The number of rotatable bonds is 3. The van der Waals surface area contributed by atoms with Crippen LogP contribution in [0.5, 0.6) is 5.75 Å². The van der Waals surface area contributed by atoms with Crippen molar-refractivity contribution in [1.82, 2.24) is 10.2 Å². The molecule has 2 amide bonds. The molecular weight excluding hydrogens is 334 g/mol. The SMILES string of the molecule is CC(C)N1C[C@@H](CNC(=O)OC(C)(C)C)Oc2c(C#N)cccc2C1=O. The maximum Gasteiger partial charge on any atom is 0.407 e. The van der Waals surface area contributed by atoms with Gasteiger partial charge in [-0.1, -0.05) is 6.07 Å². The second kappa shape index (κ2) is 7.65. The zero-order valence-electron chi connectivity index (χ0n) is 15.8. The zero-order chi connectivity index (χ0) is 19.5. The van der Waals surface area contributed by atoms with Crippen LogP contribution in [0, 0.1) is 11.3 Å². The van der Waals surface area contributed by atoms with E-state index in [9.17, 15) is 14.9 Å². The number of para-hydroxylation sites is 1. The number of nitrogens with zero attached hydrogens (tertiary/aromatic N) is 2. The summed E-state index contributed by atoms with van der Waals surface area (Å²) < 4.78 is 11.2. The minimum Gasteiger partial charge on any atom is -0.484 e. The lowest BCUT2D eigenvalue weighted by molar-refractivity contribution is 0.0481. The number of hydrogen-bond acceptors (Lipinski definition) is 5. The molecule has 1 aliphatic rings. The van der Waals surface area contributed by atoms with Gasteiger partial charge < -0.3 is 19.7 Å². The van der Waals surface area contributed by atoms with E-state index >= 15 is 0 Å². The number of hydrogen-bond donors (Lipinski definition) is 1. The number of ether oxygens (including phenoxy) is 2. The maximum atomic E-state index is 12.8. The van der Waals surface area contributed by atoms with E-state index in [2.05, 4.69) is 11.4 Å². The molecule has 7 heteroatoms. The topological polar surface area (TPSA) is 91.7 Å². The molecule has 1 heterocycles. The minimum atomic E-state index is -0.602. The van der Waals surface area contributed by atoms with Gasteiger partial charge in [0.15, 0.2) is 0 Å². The molecule has 0 bridgehead atoms. The number of nitriles is 1. The summed E-state index contributed by atoms with van der Waals surface area (Å²) in [7, 11) is 0. The molecule has 0 saturated carbocycles. The van der Waals surface area contributed by atoms with Crippen molar-refractivity contribution in [2.75, 3.05) is 13.1 Å². The molecule has 0 unspecified atom stereocenters. The average molecular weight is 359 g/mol. The molecule has 1 N–H and O–H groups in total. The third-order valence-electron chi connectivity index (χ3n) is 3.81. The van der Waals surface area contributed by atoms with Crippen LogP contribution < -0.4 is 10.1 Å². The Bertz CT molecular complexity index is 731. The van der Waals surface area contributed by atoms with Crippen molar-refractivity contribution in [3.8, 4) is 11.8 Å². The van der Waals surface area contributed by atoms with Crippen molar-refractivity contribution in [2.45, 2.75) is 52.4 Å². The molecule has 0 radical (unpaired) electrons. The molecule has 2 rings (SSSR count). The van der Waals surface area contributed by atoms with Crippen LogP contribution in [0.2, 0.25) is 0 Å². The van der Waals surface area contributed by atoms with Gasteiger partial charge in [0.1, 0.15) is 23.5 Å². The van der Waals surface area contributed by atoms with Crippen LogP contribution in [0.25, 0.3) is 0 Å². The van der Waals surface area contributed by atoms with Gasteiger partial charge in [-0.3, -0.25) is 4.79 Å². The summed E-state index contributed by atoms with van der Waals surface area (Å²) in [5.74, 6) is 0.0750. The van der Waals surface area contributed by atoms with Crippen molar-refractivity contribution in [3.05, 3.63) is 29.3 Å². The van der Waals surface area contributed by atoms with E-state index in [0.29, 0.717) is 17.7 Å². The summed E-state index contributed by atoms with van der Waals surface area (Å²) in [6.07, 6.45) is -1.05. The van der Waals surface area contributed by atoms with Crippen LogP contribution in [0.1, 0.15) is 50.5 Å². The third kappa shape index (κ3) is 4.66. The fraction of sp³-hybridized carbons (Fsp3) is 0.526. The first kappa shape index (κ1) is 19.6. The van der Waals surface area contributed by atoms with Gasteiger partial charge in [-0.2, -0.15) is 5.26 Å². The smallest absolute Gasteiger partial charge is 0.407 e. The van der Waals surface area contributed by atoms with Crippen molar-refractivity contribution in [3.63, 3.8) is 0 Å². The van der Waals surface area contributed by atoms with E-state index in [4.69, 9.17) is 9.47 Å². The Morgan fingerprint density at radius 1 is 1.46 bits per heavy atom. The van der Waals surface area contributed by atoms with E-state index in [1.807, 2.05) is 13.8 Å². The number of benzene rings is 1. The Hall–Kier alpha value is -2.75. The molecule has 26 heavy (non-hydrogen) atoms. The lowest BCUT2D eigenvalue weighted by Crippen LogP contribution is -2.46. The Morgan fingerprint density at radius 2 is 2.15 bits per heavy atom. The van der Waals surface area contributed by atoms with Gasteiger partial charge in [0, 0.05) is 6.04 Å². The Balaban J connectivity index is 2.24. The molecule has 0 fully saturated rings. The first-order valence-corrected chi connectivity index (χ1v) is 8.60. The number of alkyl carbamates (subject to hydrolysis) is 1. The van der Waals surface area contributed by atoms with Crippen LogP contribution in [0.4, 0.5) is 4.79 Å². The first-order valence-electron chi connectivity index (χ1n) is 8.60. The van der Waals surface area contributed by atoms with E-state index in [1.54, 1.807) is 43.9 Å². The largest absolute Gasteiger partial charge is 0.484 e. The summed E-state index contributed by atoms with van der Waals surface area (Å²) in [6.45, 7) is 9.62. The second-order valence-electron chi connectivity index (χ2n) is 7.47. The fourth-order valence-corrected chi connectivity index (χ4v) is 2.64. The van der Waals surface area contributed by atoms with E-state index < -0.39 is 17.8 Å². The summed E-state index contributed by atoms with van der Waals surface area (Å²) in [5, 5.41) is 12.0. The molecule has 0 aliphatic carbocycles. The number of fused-ring (bicyclic) bond motifs is 1. The van der Waals surface area contributed by atoms with Crippen molar-refractivity contribution in [2.24, 2.45) is 0 Å². The Kier molecular flexibility index (Phi) is 5.76. The molecule has 1 atom stereocenters. The van der Waals surface area contributed by atoms with Gasteiger partial charge >= 0.3 is 6.09 Å². The molecule has 1 aromatic rings. The highest BCUT2D eigenvalue weighted by Crippen LogP contribution is 2.29. The fourth-order valence-electron chi connectivity index (χ4n) is 2.64. The molecule has 1 aromatic carbocycles. The maximum absolute atomic E-state index is 12.8. The first-order chi connectivity index (χ1) is 12.1. The number of carbonyl (C=O) groups excluding carboxylic acids is 2. The van der Waals surface area contributed by atoms with Gasteiger partial charge in [-0.15, -0.1) is 0 Å². The van der Waals surface area contributed by atoms with Crippen molar-refractivity contribution < 1.29 is 19.1 Å². The average Bonchev–Trinajstić information content (AvgIpc) is 2.68. The lowest BCUT2D eigenvalue weighted by atomic mass is 10.1. The van der Waals surface area contributed by atoms with E-state index in [1.165, 1.54) is 0 Å². The highest BCUT2D eigenvalue weighted by Gasteiger charge is 2.32. The van der Waals surface area contributed by atoms with E-state index in [-0.39, 0.29) is 24.2 Å². The molecule has 1 aliphatic heterocycles. The molecule has 7 nitrogen and oxygen atoms in total. The van der Waals surface area contributed by atoms with Crippen LogP contribution in [-0.2, 0) is 4.74 Å². The summed E-state index contributed by atoms with van der Waals surface area (Å²) in [5.41, 5.74) is 0.0517. The molecule has 0 spiro atoms. The van der Waals surface area contributed by atoms with Gasteiger partial charge in [0.2, 0.25) is 0 Å². The van der Waals surface area contributed by atoms with Gasteiger partial charge in [0.25, 0.3) is 5.91 Å². The molecule has 0 aromatic heterocycles. The number of nitrogens with one attached hydrogen (secondary N) is 1. The van der Waals surface area contributed by atoms with Crippen LogP contribution in [-0.4, -0.2) is 47.7 Å². The highest BCUT2D eigenvalue weighted by molar-refractivity contribution is 5.98. The lowest BCUT2D eigenvalue weighted by Gasteiger charge is -2.28. The quantitative estimate of drug-likeness (QED) is 0.896.